The summed E-state index contributed by atoms with van der Waals surface area (Å²) in [5.74, 6) is 0.481. The Kier molecular flexibility index (Phi) is 2.66. The molecule has 70 valence electrons. The summed E-state index contributed by atoms with van der Waals surface area (Å²) in [6.07, 6.45) is 0. The monoisotopic (exact) mass is 188 g/mol. The van der Waals surface area contributed by atoms with Crippen LogP contribution in [0.15, 0.2) is 5.29 Å². The van der Waals surface area contributed by atoms with Gasteiger partial charge in [0.25, 0.3) is 0 Å². The van der Waals surface area contributed by atoms with Gasteiger partial charge in [-0.1, -0.05) is 13.8 Å². The molecule has 1 rings (SSSR count). The van der Waals surface area contributed by atoms with E-state index in [0.29, 0.717) is 5.92 Å². The summed E-state index contributed by atoms with van der Waals surface area (Å²) in [6, 6.07) is 0. The first-order valence-electron chi connectivity index (χ1n) is 4.24. The lowest BCUT2D eigenvalue weighted by Gasteiger charge is -2.19. The molecule has 0 aromatic heterocycles. The molecule has 1 aliphatic heterocycles. The third kappa shape index (κ3) is 1.91. The van der Waals surface area contributed by atoms with Gasteiger partial charge in [-0.25, -0.2) is 5.01 Å². The molecule has 1 saturated heterocycles. The van der Waals surface area contributed by atoms with Crippen molar-refractivity contribution in [3.8, 4) is 0 Å². The fourth-order valence-corrected chi connectivity index (χ4v) is 2.83. The molecular formula is C8H16N2OS. The van der Waals surface area contributed by atoms with E-state index in [2.05, 4.69) is 33.0 Å². The van der Waals surface area contributed by atoms with Crippen molar-refractivity contribution in [2.45, 2.75) is 37.8 Å². The van der Waals surface area contributed by atoms with Gasteiger partial charge in [-0.15, -0.1) is 16.7 Å². The Labute approximate surface area is 77.8 Å². The summed E-state index contributed by atoms with van der Waals surface area (Å²) in [5.41, 5.74) is 0. The highest BCUT2D eigenvalue weighted by Gasteiger charge is 2.39. The molecule has 1 unspecified atom stereocenters. The first-order valence-corrected chi connectivity index (χ1v) is 5.12. The number of rotatable bonds is 2. The van der Waals surface area contributed by atoms with Crippen molar-refractivity contribution in [2.24, 2.45) is 11.2 Å². The van der Waals surface area contributed by atoms with Crippen molar-refractivity contribution in [2.75, 3.05) is 6.54 Å². The molecular weight excluding hydrogens is 172 g/mol. The lowest BCUT2D eigenvalue weighted by Crippen LogP contribution is -2.28. The van der Waals surface area contributed by atoms with E-state index in [1.807, 2.05) is 11.8 Å². The molecule has 12 heavy (non-hydrogen) atoms. The minimum Gasteiger partial charge on any atom is -0.246 e. The zero-order valence-corrected chi connectivity index (χ0v) is 8.89. The molecule has 0 aromatic carbocycles. The Morgan fingerprint density at radius 1 is 1.58 bits per heavy atom. The predicted octanol–water partition coefficient (Wildman–Crippen LogP) is 2.48. The van der Waals surface area contributed by atoms with Crippen LogP contribution in [0.4, 0.5) is 0 Å². The Balaban J connectivity index is 2.69. The molecule has 0 radical (unpaired) electrons. The van der Waals surface area contributed by atoms with Gasteiger partial charge in [0.15, 0.2) is 0 Å². The van der Waals surface area contributed by atoms with Crippen molar-refractivity contribution in [1.29, 1.82) is 0 Å². The number of hydrogen-bond donors (Lipinski definition) is 0. The topological polar surface area (TPSA) is 32.7 Å². The standard InChI is InChI=1S/C8H16N2OS/c1-6(2)7-10(9-11)5-8(3,4)12-7/h6-7H,5H2,1-4H3. The van der Waals surface area contributed by atoms with Gasteiger partial charge >= 0.3 is 0 Å². The minimum absolute atomic E-state index is 0.169. The van der Waals surface area contributed by atoms with Gasteiger partial charge in [-0.3, -0.25) is 0 Å². The van der Waals surface area contributed by atoms with Crippen molar-refractivity contribution >= 4 is 11.8 Å². The molecule has 0 aromatic rings. The van der Waals surface area contributed by atoms with Gasteiger partial charge < -0.3 is 0 Å². The maximum atomic E-state index is 10.5. The van der Waals surface area contributed by atoms with Gasteiger partial charge in [0.05, 0.1) is 17.2 Å². The zero-order chi connectivity index (χ0) is 9.35. The summed E-state index contributed by atoms with van der Waals surface area (Å²) in [4.78, 5) is 10.5. The Hall–Kier alpha value is -0.250. The van der Waals surface area contributed by atoms with Gasteiger partial charge in [0, 0.05) is 4.75 Å². The molecule has 0 amide bonds. The van der Waals surface area contributed by atoms with E-state index in [1.54, 1.807) is 5.01 Å². The second kappa shape index (κ2) is 3.24. The van der Waals surface area contributed by atoms with Crippen LogP contribution < -0.4 is 0 Å². The largest absolute Gasteiger partial charge is 0.246 e. The van der Waals surface area contributed by atoms with Crippen LogP contribution in [-0.2, 0) is 0 Å². The summed E-state index contributed by atoms with van der Waals surface area (Å²) < 4.78 is 0.169. The van der Waals surface area contributed by atoms with E-state index in [9.17, 15) is 4.91 Å². The number of nitrogens with zero attached hydrogens (tertiary/aromatic N) is 2. The molecule has 0 spiro atoms. The second-order valence-electron chi connectivity index (χ2n) is 4.19. The highest BCUT2D eigenvalue weighted by atomic mass is 32.2. The molecule has 1 atom stereocenters. The van der Waals surface area contributed by atoms with Crippen molar-refractivity contribution in [3.05, 3.63) is 4.91 Å². The molecule has 0 bridgehead atoms. The molecule has 1 aliphatic rings. The minimum atomic E-state index is 0.169. The number of thioether (sulfide) groups is 1. The normalized spacial score (nSPS) is 28.1. The fourth-order valence-electron chi connectivity index (χ4n) is 1.46. The smallest absolute Gasteiger partial charge is 0.0983 e. The van der Waals surface area contributed by atoms with Crippen LogP contribution in [0, 0.1) is 10.8 Å². The van der Waals surface area contributed by atoms with Crippen LogP contribution in [0.25, 0.3) is 0 Å². The van der Waals surface area contributed by atoms with E-state index in [0.717, 1.165) is 6.54 Å². The van der Waals surface area contributed by atoms with Crippen LogP contribution in [-0.4, -0.2) is 21.7 Å². The summed E-state index contributed by atoms with van der Waals surface area (Å²) >= 11 is 1.84. The van der Waals surface area contributed by atoms with E-state index >= 15 is 0 Å². The van der Waals surface area contributed by atoms with Crippen molar-refractivity contribution in [1.82, 2.24) is 5.01 Å². The molecule has 0 aliphatic carbocycles. The summed E-state index contributed by atoms with van der Waals surface area (Å²) in [5, 5.41) is 4.97. The SMILES string of the molecule is CC(C)C1SC(C)(C)CN1N=O. The molecule has 0 N–H and O–H groups in total. The van der Waals surface area contributed by atoms with Crippen molar-refractivity contribution in [3.63, 3.8) is 0 Å². The Bertz CT molecular complexity index is 182. The quantitative estimate of drug-likeness (QED) is 0.624. The van der Waals surface area contributed by atoms with Crippen molar-refractivity contribution < 1.29 is 0 Å². The van der Waals surface area contributed by atoms with Gasteiger partial charge in [0.1, 0.15) is 0 Å². The van der Waals surface area contributed by atoms with Gasteiger partial charge in [-0.05, 0) is 19.8 Å². The van der Waals surface area contributed by atoms with Gasteiger partial charge in [-0.2, -0.15) is 0 Å². The first-order chi connectivity index (χ1) is 5.46. The zero-order valence-electron chi connectivity index (χ0n) is 8.07. The lowest BCUT2D eigenvalue weighted by molar-refractivity contribution is 0.236. The van der Waals surface area contributed by atoms with Crippen LogP contribution >= 0.6 is 11.8 Å². The highest BCUT2D eigenvalue weighted by Crippen LogP contribution is 2.42. The highest BCUT2D eigenvalue weighted by molar-refractivity contribution is 8.01. The molecule has 0 saturated carbocycles. The maximum Gasteiger partial charge on any atom is 0.0983 e. The van der Waals surface area contributed by atoms with E-state index in [4.69, 9.17) is 0 Å². The van der Waals surface area contributed by atoms with E-state index in [-0.39, 0.29) is 10.1 Å². The fraction of sp³-hybridized carbons (Fsp3) is 1.00. The summed E-state index contributed by atoms with van der Waals surface area (Å²) in [7, 11) is 0. The molecule has 1 fully saturated rings. The van der Waals surface area contributed by atoms with E-state index < -0.39 is 0 Å². The predicted molar refractivity (Wildman–Crippen MR) is 52.8 cm³/mol. The first kappa shape index (κ1) is 9.84. The average Bonchev–Trinajstić information content (AvgIpc) is 2.25. The Morgan fingerprint density at radius 2 is 2.17 bits per heavy atom. The van der Waals surface area contributed by atoms with Crippen LogP contribution in [0.1, 0.15) is 27.7 Å². The molecule has 1 heterocycles. The second-order valence-corrected chi connectivity index (χ2v) is 6.02. The lowest BCUT2D eigenvalue weighted by atomic mass is 10.2. The Morgan fingerprint density at radius 3 is 2.50 bits per heavy atom. The third-order valence-electron chi connectivity index (χ3n) is 1.95. The molecule has 4 heteroatoms. The van der Waals surface area contributed by atoms with Gasteiger partial charge in [0.2, 0.25) is 0 Å². The number of hydrogen-bond acceptors (Lipinski definition) is 3. The average molecular weight is 188 g/mol. The number of nitroso groups, excluding NO2 is 1. The third-order valence-corrected chi connectivity index (χ3v) is 3.75. The van der Waals surface area contributed by atoms with Crippen LogP contribution in [0.2, 0.25) is 0 Å². The maximum absolute atomic E-state index is 10.5. The van der Waals surface area contributed by atoms with Crippen LogP contribution in [0.5, 0.6) is 0 Å². The van der Waals surface area contributed by atoms with Crippen LogP contribution in [0.3, 0.4) is 0 Å². The van der Waals surface area contributed by atoms with E-state index in [1.165, 1.54) is 0 Å². The molecule has 3 nitrogen and oxygen atoms in total. The summed E-state index contributed by atoms with van der Waals surface area (Å²) in [6.45, 7) is 9.31.